The highest BCUT2D eigenvalue weighted by Gasteiger charge is 2.17. The first-order valence-electron chi connectivity index (χ1n) is 9.10. The van der Waals surface area contributed by atoms with Gasteiger partial charge in [-0.1, -0.05) is 18.2 Å². The van der Waals surface area contributed by atoms with Gasteiger partial charge in [0.15, 0.2) is 0 Å². The van der Waals surface area contributed by atoms with E-state index in [1.165, 1.54) is 25.0 Å². The molecule has 0 aromatic heterocycles. The second-order valence-electron chi connectivity index (χ2n) is 6.46. The topological polar surface area (TPSA) is 47.6 Å². The van der Waals surface area contributed by atoms with Crippen molar-refractivity contribution in [3.63, 3.8) is 0 Å². The Morgan fingerprint density at radius 3 is 2.58 bits per heavy atom. The molecule has 5 heteroatoms. The molecule has 26 heavy (non-hydrogen) atoms. The highest BCUT2D eigenvalue weighted by atomic mass is 19.1. The normalized spacial score (nSPS) is 14.2. The zero-order valence-corrected chi connectivity index (χ0v) is 14.7. The summed E-state index contributed by atoms with van der Waals surface area (Å²) >= 11 is 0. The maximum atomic E-state index is 12.8. The molecule has 0 unspecified atom stereocenters. The van der Waals surface area contributed by atoms with Crippen molar-refractivity contribution in [1.29, 1.82) is 0 Å². The van der Waals surface area contributed by atoms with E-state index in [9.17, 15) is 9.18 Å². The second-order valence-corrected chi connectivity index (χ2v) is 6.46. The molecule has 0 atom stereocenters. The number of hydrogen-bond acceptors (Lipinski definition) is 3. The van der Waals surface area contributed by atoms with Crippen LogP contribution in [0.25, 0.3) is 0 Å². The maximum absolute atomic E-state index is 12.8. The van der Waals surface area contributed by atoms with E-state index in [4.69, 9.17) is 9.47 Å². The number of para-hydroxylation sites is 1. The van der Waals surface area contributed by atoms with Crippen LogP contribution in [0.15, 0.2) is 48.5 Å². The van der Waals surface area contributed by atoms with Crippen LogP contribution in [0.4, 0.5) is 4.39 Å². The van der Waals surface area contributed by atoms with Gasteiger partial charge >= 0.3 is 0 Å². The fourth-order valence-corrected chi connectivity index (χ4v) is 3.03. The van der Waals surface area contributed by atoms with Crippen LogP contribution in [-0.2, 0) is 11.3 Å². The van der Waals surface area contributed by atoms with E-state index in [1.807, 2.05) is 24.3 Å². The first kappa shape index (κ1) is 18.2. The number of benzene rings is 2. The van der Waals surface area contributed by atoms with Crippen molar-refractivity contribution in [1.82, 2.24) is 5.32 Å². The first-order chi connectivity index (χ1) is 12.7. The molecule has 1 N–H and O–H groups in total. The highest BCUT2D eigenvalue weighted by molar-refractivity contribution is 5.76. The fraction of sp³-hybridized carbons (Fsp3) is 0.381. The smallest absolute Gasteiger partial charge is 0.223 e. The molecule has 0 radical (unpaired) electrons. The Balaban J connectivity index is 1.43. The van der Waals surface area contributed by atoms with E-state index in [-0.39, 0.29) is 30.9 Å². The van der Waals surface area contributed by atoms with Crippen molar-refractivity contribution in [2.45, 2.75) is 44.8 Å². The van der Waals surface area contributed by atoms with Gasteiger partial charge in [0.25, 0.3) is 0 Å². The van der Waals surface area contributed by atoms with Crippen LogP contribution in [0.3, 0.4) is 0 Å². The molecule has 2 aromatic rings. The molecule has 0 spiro atoms. The summed E-state index contributed by atoms with van der Waals surface area (Å²) in [6.07, 6.45) is 5.16. The van der Waals surface area contributed by atoms with Crippen molar-refractivity contribution >= 4 is 5.91 Å². The molecule has 0 saturated heterocycles. The van der Waals surface area contributed by atoms with Crippen LogP contribution in [0.2, 0.25) is 0 Å². The van der Waals surface area contributed by atoms with Crippen molar-refractivity contribution in [3.05, 3.63) is 59.9 Å². The minimum Gasteiger partial charge on any atom is -0.493 e. The van der Waals surface area contributed by atoms with Crippen LogP contribution in [0, 0.1) is 5.82 Å². The van der Waals surface area contributed by atoms with Crippen molar-refractivity contribution < 1.29 is 18.7 Å². The lowest BCUT2D eigenvalue weighted by Gasteiger charge is -2.16. The van der Waals surface area contributed by atoms with Crippen LogP contribution in [0.1, 0.15) is 37.7 Å². The van der Waals surface area contributed by atoms with Crippen molar-refractivity contribution in [2.24, 2.45) is 0 Å². The van der Waals surface area contributed by atoms with Gasteiger partial charge in [-0.2, -0.15) is 0 Å². The molecule has 0 heterocycles. The molecular formula is C21H24FNO3. The first-order valence-corrected chi connectivity index (χ1v) is 9.10. The number of carbonyl (C=O) groups excluding carboxylic acids is 1. The third-order valence-corrected chi connectivity index (χ3v) is 4.46. The van der Waals surface area contributed by atoms with E-state index in [1.54, 1.807) is 12.1 Å². The summed E-state index contributed by atoms with van der Waals surface area (Å²) in [6.45, 7) is 0.677. The Morgan fingerprint density at radius 2 is 1.81 bits per heavy atom. The largest absolute Gasteiger partial charge is 0.493 e. The Morgan fingerprint density at radius 1 is 1.08 bits per heavy atom. The lowest BCUT2D eigenvalue weighted by atomic mass is 10.2. The summed E-state index contributed by atoms with van der Waals surface area (Å²) < 4.78 is 24.4. The summed E-state index contributed by atoms with van der Waals surface area (Å²) in [6, 6.07) is 13.6. The predicted octanol–water partition coefficient (Wildman–Crippen LogP) is 4.23. The van der Waals surface area contributed by atoms with Gasteiger partial charge in [0.1, 0.15) is 17.3 Å². The molecule has 1 saturated carbocycles. The van der Waals surface area contributed by atoms with E-state index >= 15 is 0 Å². The van der Waals surface area contributed by atoms with Crippen LogP contribution < -0.4 is 14.8 Å². The van der Waals surface area contributed by atoms with E-state index in [0.717, 1.165) is 24.2 Å². The zero-order valence-electron chi connectivity index (χ0n) is 14.7. The Bertz CT molecular complexity index is 711. The van der Waals surface area contributed by atoms with Gasteiger partial charge in [0.05, 0.1) is 19.1 Å². The molecule has 1 fully saturated rings. The summed E-state index contributed by atoms with van der Waals surface area (Å²) in [7, 11) is 0. The minimum atomic E-state index is -0.311. The van der Waals surface area contributed by atoms with Gasteiger partial charge in [-0.25, -0.2) is 4.39 Å². The molecule has 3 rings (SSSR count). The summed E-state index contributed by atoms with van der Waals surface area (Å²) in [4.78, 5) is 12.0. The van der Waals surface area contributed by atoms with Crippen LogP contribution >= 0.6 is 0 Å². The lowest BCUT2D eigenvalue weighted by molar-refractivity contribution is -0.121. The van der Waals surface area contributed by atoms with Crippen molar-refractivity contribution in [3.8, 4) is 11.5 Å². The third kappa shape index (κ3) is 5.48. The number of nitrogens with one attached hydrogen (secondary N) is 1. The molecule has 0 aliphatic heterocycles. The number of carbonyl (C=O) groups is 1. The number of ether oxygens (including phenoxy) is 2. The molecule has 2 aromatic carbocycles. The van der Waals surface area contributed by atoms with Crippen LogP contribution in [0.5, 0.6) is 11.5 Å². The van der Waals surface area contributed by atoms with Crippen LogP contribution in [-0.4, -0.2) is 18.6 Å². The molecule has 138 valence electrons. The lowest BCUT2D eigenvalue weighted by Crippen LogP contribution is -2.25. The highest BCUT2D eigenvalue weighted by Crippen LogP contribution is 2.26. The summed E-state index contributed by atoms with van der Waals surface area (Å²) in [5.41, 5.74) is 0.979. The number of rotatable bonds is 8. The zero-order chi connectivity index (χ0) is 18.2. The summed E-state index contributed by atoms with van der Waals surface area (Å²) in [5.74, 6) is 0.994. The molecule has 1 amide bonds. The number of amides is 1. The Hall–Kier alpha value is -2.56. The maximum Gasteiger partial charge on any atom is 0.223 e. The van der Waals surface area contributed by atoms with E-state index in [2.05, 4.69) is 5.32 Å². The molecule has 0 bridgehead atoms. The quantitative estimate of drug-likeness (QED) is 0.769. The SMILES string of the molecule is O=C(CCOc1ccc(F)cc1)NCc1ccccc1OC1CCCC1. The third-order valence-electron chi connectivity index (χ3n) is 4.46. The minimum absolute atomic E-state index is 0.0946. The van der Waals surface area contributed by atoms with Gasteiger partial charge in [-0.05, 0) is 56.0 Å². The monoisotopic (exact) mass is 357 g/mol. The standard InChI is InChI=1S/C21H24FNO3/c22-17-9-11-18(12-10-17)25-14-13-21(24)23-15-16-5-1-4-8-20(16)26-19-6-2-3-7-19/h1,4-5,8-12,19H,2-3,6-7,13-15H2,(H,23,24). The Kier molecular flexibility index (Phi) is 6.47. The molecule has 1 aliphatic carbocycles. The Labute approximate surface area is 153 Å². The summed E-state index contributed by atoms with van der Waals surface area (Å²) in [5, 5.41) is 2.90. The van der Waals surface area contributed by atoms with Gasteiger partial charge in [0.2, 0.25) is 5.91 Å². The number of halogens is 1. The average Bonchev–Trinajstić information content (AvgIpc) is 3.16. The van der Waals surface area contributed by atoms with Gasteiger partial charge in [-0.15, -0.1) is 0 Å². The van der Waals surface area contributed by atoms with E-state index in [0.29, 0.717) is 12.3 Å². The van der Waals surface area contributed by atoms with Crippen molar-refractivity contribution in [2.75, 3.05) is 6.61 Å². The van der Waals surface area contributed by atoms with E-state index < -0.39 is 0 Å². The van der Waals surface area contributed by atoms with Gasteiger partial charge in [-0.3, -0.25) is 4.79 Å². The fourth-order valence-electron chi connectivity index (χ4n) is 3.03. The average molecular weight is 357 g/mol. The molecule has 1 aliphatic rings. The predicted molar refractivity (Wildman–Crippen MR) is 97.7 cm³/mol. The number of hydrogen-bond donors (Lipinski definition) is 1. The second kappa shape index (κ2) is 9.22. The molecular weight excluding hydrogens is 333 g/mol. The van der Waals surface area contributed by atoms with Gasteiger partial charge in [0, 0.05) is 12.1 Å². The molecule has 4 nitrogen and oxygen atoms in total. The van der Waals surface area contributed by atoms with Gasteiger partial charge < -0.3 is 14.8 Å².